The highest BCUT2D eigenvalue weighted by Gasteiger charge is 2.09. The van der Waals surface area contributed by atoms with Gasteiger partial charge in [0.2, 0.25) is 0 Å². The molecule has 0 saturated carbocycles. The van der Waals surface area contributed by atoms with Gasteiger partial charge in [0, 0.05) is 0 Å². The first-order valence-corrected chi connectivity index (χ1v) is 8.14. The molecule has 0 aromatic heterocycles. The smallest absolute Gasteiger partial charge is 0.00203 e. The lowest BCUT2D eigenvalue weighted by Crippen LogP contribution is -2.01. The molecule has 2 aromatic carbocycles. The van der Waals surface area contributed by atoms with E-state index in [9.17, 15) is 0 Å². The zero-order chi connectivity index (χ0) is 15.6. The summed E-state index contributed by atoms with van der Waals surface area (Å²) in [6.45, 7) is 13.5. The molecule has 0 radical (unpaired) electrons. The van der Waals surface area contributed by atoms with E-state index in [1.165, 1.54) is 44.5 Å². The fourth-order valence-corrected chi connectivity index (χ4v) is 3.40. The van der Waals surface area contributed by atoms with E-state index < -0.39 is 0 Å². The Morgan fingerprint density at radius 1 is 0.667 bits per heavy atom. The van der Waals surface area contributed by atoms with Crippen LogP contribution in [0.5, 0.6) is 0 Å². The van der Waals surface area contributed by atoms with Gasteiger partial charge in [-0.25, -0.2) is 0 Å². The van der Waals surface area contributed by atoms with Gasteiger partial charge in [-0.2, -0.15) is 0 Å². The van der Waals surface area contributed by atoms with Crippen molar-refractivity contribution in [2.24, 2.45) is 0 Å². The van der Waals surface area contributed by atoms with E-state index in [2.05, 4.69) is 65.8 Å². The van der Waals surface area contributed by atoms with E-state index >= 15 is 0 Å². The van der Waals surface area contributed by atoms with Gasteiger partial charge in [-0.1, -0.05) is 38.1 Å². The molecule has 0 heterocycles. The third kappa shape index (κ3) is 3.20. The van der Waals surface area contributed by atoms with Crippen LogP contribution in [0.25, 0.3) is 0 Å². The van der Waals surface area contributed by atoms with Crippen LogP contribution in [-0.4, -0.2) is 0 Å². The van der Waals surface area contributed by atoms with Gasteiger partial charge in [-0.3, -0.25) is 0 Å². The van der Waals surface area contributed by atoms with Gasteiger partial charge < -0.3 is 0 Å². The highest BCUT2D eigenvalue weighted by Crippen LogP contribution is 2.24. The van der Waals surface area contributed by atoms with Crippen LogP contribution in [0.15, 0.2) is 24.3 Å². The number of hydrogen-bond donors (Lipinski definition) is 0. The number of hydrogen-bond acceptors (Lipinski definition) is 0. The average molecular weight is 280 g/mol. The van der Waals surface area contributed by atoms with E-state index in [4.69, 9.17) is 0 Å². The van der Waals surface area contributed by atoms with Crippen LogP contribution in [0.2, 0.25) is 0 Å². The molecule has 0 amide bonds. The SMILES string of the molecule is CCc1cc(Cc2ccc(C)c(CC)c2C)c(C)cc1C. The second-order valence-corrected chi connectivity index (χ2v) is 6.23. The predicted octanol–water partition coefficient (Wildman–Crippen LogP) is 5.64. The van der Waals surface area contributed by atoms with Crippen molar-refractivity contribution in [3.05, 3.63) is 68.8 Å². The van der Waals surface area contributed by atoms with Gasteiger partial charge in [0.1, 0.15) is 0 Å². The molecule has 21 heavy (non-hydrogen) atoms. The molecule has 112 valence electrons. The summed E-state index contributed by atoms with van der Waals surface area (Å²) < 4.78 is 0. The van der Waals surface area contributed by atoms with Gasteiger partial charge in [-0.05, 0) is 91.5 Å². The summed E-state index contributed by atoms with van der Waals surface area (Å²) in [6.07, 6.45) is 3.29. The van der Waals surface area contributed by atoms with Crippen molar-refractivity contribution < 1.29 is 0 Å². The van der Waals surface area contributed by atoms with Crippen molar-refractivity contribution >= 4 is 0 Å². The van der Waals surface area contributed by atoms with E-state index in [1.54, 1.807) is 0 Å². The molecule has 0 aliphatic rings. The third-order valence-corrected chi connectivity index (χ3v) is 4.85. The van der Waals surface area contributed by atoms with Gasteiger partial charge in [0.25, 0.3) is 0 Å². The fourth-order valence-electron chi connectivity index (χ4n) is 3.40. The first-order chi connectivity index (χ1) is 9.97. The van der Waals surface area contributed by atoms with Crippen LogP contribution in [0.4, 0.5) is 0 Å². The van der Waals surface area contributed by atoms with E-state index in [-0.39, 0.29) is 0 Å². The second kappa shape index (κ2) is 6.47. The minimum absolute atomic E-state index is 1.05. The van der Waals surface area contributed by atoms with Gasteiger partial charge >= 0.3 is 0 Å². The average Bonchev–Trinajstić information content (AvgIpc) is 2.45. The molecule has 0 bridgehead atoms. The fraction of sp³-hybridized carbons (Fsp3) is 0.429. The van der Waals surface area contributed by atoms with Crippen LogP contribution >= 0.6 is 0 Å². The Morgan fingerprint density at radius 2 is 1.33 bits per heavy atom. The Balaban J connectivity index is 2.43. The minimum atomic E-state index is 1.05. The Kier molecular flexibility index (Phi) is 4.88. The lowest BCUT2D eigenvalue weighted by Gasteiger charge is -2.16. The second-order valence-electron chi connectivity index (χ2n) is 6.23. The lowest BCUT2D eigenvalue weighted by atomic mass is 9.89. The molecule has 0 atom stereocenters. The molecule has 0 aliphatic carbocycles. The Morgan fingerprint density at radius 3 is 1.95 bits per heavy atom. The van der Waals surface area contributed by atoms with Gasteiger partial charge in [0.05, 0.1) is 0 Å². The van der Waals surface area contributed by atoms with Crippen molar-refractivity contribution in [2.45, 2.75) is 60.8 Å². The topological polar surface area (TPSA) is 0 Å². The Bertz CT molecular complexity index is 648. The molecule has 0 fully saturated rings. The molecule has 2 rings (SSSR count). The maximum Gasteiger partial charge on any atom is -0.00203 e. The molecule has 0 saturated heterocycles. The van der Waals surface area contributed by atoms with E-state index in [0.717, 1.165) is 19.3 Å². The van der Waals surface area contributed by atoms with Crippen molar-refractivity contribution in [2.75, 3.05) is 0 Å². The third-order valence-electron chi connectivity index (χ3n) is 4.85. The quantitative estimate of drug-likeness (QED) is 0.680. The standard InChI is InChI=1S/C21H28/c1-7-18-12-20(16(5)11-15(18)4)13-19-10-9-14(3)21(8-2)17(19)6/h9-12H,7-8,13H2,1-6H3. The maximum atomic E-state index is 2.41. The van der Waals surface area contributed by atoms with Gasteiger partial charge in [0.15, 0.2) is 0 Å². The molecular weight excluding hydrogens is 252 g/mol. The van der Waals surface area contributed by atoms with Crippen LogP contribution in [0.1, 0.15) is 58.4 Å². The molecule has 0 aliphatic heterocycles. The zero-order valence-corrected chi connectivity index (χ0v) is 14.4. The lowest BCUT2D eigenvalue weighted by molar-refractivity contribution is 1.02. The Labute approximate surface area is 130 Å². The summed E-state index contributed by atoms with van der Waals surface area (Å²) in [4.78, 5) is 0. The van der Waals surface area contributed by atoms with Crippen LogP contribution in [0, 0.1) is 27.7 Å². The zero-order valence-electron chi connectivity index (χ0n) is 14.4. The first-order valence-electron chi connectivity index (χ1n) is 8.14. The summed E-state index contributed by atoms with van der Waals surface area (Å²) >= 11 is 0. The highest BCUT2D eigenvalue weighted by atomic mass is 14.1. The summed E-state index contributed by atoms with van der Waals surface area (Å²) in [5, 5.41) is 0. The molecule has 2 aromatic rings. The van der Waals surface area contributed by atoms with Crippen molar-refractivity contribution in [1.29, 1.82) is 0 Å². The summed E-state index contributed by atoms with van der Waals surface area (Å²) in [7, 11) is 0. The maximum absolute atomic E-state index is 2.41. The summed E-state index contributed by atoms with van der Waals surface area (Å²) in [5.41, 5.74) is 11.7. The monoisotopic (exact) mass is 280 g/mol. The number of benzene rings is 2. The minimum Gasteiger partial charge on any atom is -0.0613 e. The Hall–Kier alpha value is -1.56. The molecule has 0 spiro atoms. The summed E-state index contributed by atoms with van der Waals surface area (Å²) in [5.74, 6) is 0. The number of rotatable bonds is 4. The number of aryl methyl sites for hydroxylation is 4. The molecular formula is C21H28. The largest absolute Gasteiger partial charge is 0.0613 e. The van der Waals surface area contributed by atoms with Crippen molar-refractivity contribution in [1.82, 2.24) is 0 Å². The molecule has 0 heteroatoms. The van der Waals surface area contributed by atoms with Crippen LogP contribution in [-0.2, 0) is 19.3 Å². The highest BCUT2D eigenvalue weighted by molar-refractivity contribution is 5.45. The molecule has 0 N–H and O–H groups in total. The van der Waals surface area contributed by atoms with Crippen LogP contribution < -0.4 is 0 Å². The van der Waals surface area contributed by atoms with E-state index in [1.807, 2.05) is 0 Å². The predicted molar refractivity (Wildman–Crippen MR) is 93.4 cm³/mol. The van der Waals surface area contributed by atoms with Crippen molar-refractivity contribution in [3.8, 4) is 0 Å². The normalized spacial score (nSPS) is 11.0. The first kappa shape index (κ1) is 15.8. The molecule has 0 nitrogen and oxygen atoms in total. The van der Waals surface area contributed by atoms with Crippen molar-refractivity contribution in [3.63, 3.8) is 0 Å². The van der Waals surface area contributed by atoms with E-state index in [0.29, 0.717) is 0 Å². The summed E-state index contributed by atoms with van der Waals surface area (Å²) in [6, 6.07) is 9.36. The van der Waals surface area contributed by atoms with Crippen LogP contribution in [0.3, 0.4) is 0 Å². The van der Waals surface area contributed by atoms with Gasteiger partial charge in [-0.15, -0.1) is 0 Å². The molecule has 0 unspecified atom stereocenters.